The number of aliphatic carboxylic acids is 10. The molecule has 0 amide bonds. The Hall–Kier alpha value is -3.27. The molecule has 0 aliphatic carbocycles. The fraction of sp³-hybridized carbons (Fsp3) is 0. The van der Waals surface area contributed by atoms with E-state index in [1.165, 1.54) is 0 Å². The summed E-state index contributed by atoms with van der Waals surface area (Å²) in [5, 5.41) is 89.3. The van der Waals surface area contributed by atoms with Crippen LogP contribution in [0, 0.1) is 59.9 Å². The van der Waals surface area contributed by atoms with Crippen LogP contribution in [0.15, 0.2) is 0 Å². The molecule has 0 N–H and O–H groups in total. The van der Waals surface area contributed by atoms with E-state index < -0.39 is 59.7 Å². The molecule has 0 unspecified atom stereocenters. The van der Waals surface area contributed by atoms with Gasteiger partial charge in [-0.05, 0) is 0 Å². The molecule has 0 rings (SSSR count). The molecule has 20 nitrogen and oxygen atoms in total. The molecule has 0 saturated carbocycles. The van der Waals surface area contributed by atoms with Gasteiger partial charge in [0.2, 0.25) is 0 Å². The molecular formula is C10Np2O20-10. The van der Waals surface area contributed by atoms with Gasteiger partial charge in [0.05, 0.1) is 59.7 Å². The maximum Gasteiger partial charge on any atom is 0.0870 e. The standard InChI is InChI=1S/5C2H2O4.2Np/c5*3-1(4)2(5)6;;/h5*(H,3,4)(H,5,6);;/p-10. The minimum absolute atomic E-state index is 0. The molecule has 0 aromatic carbocycles. The number of carboxylic acids is 10. The van der Waals surface area contributed by atoms with Crippen LogP contribution in [0.25, 0.3) is 0 Å². The monoisotopic (exact) mass is 912 g/mol. The largest absolute Gasteiger partial charge is 0.543 e. The van der Waals surface area contributed by atoms with Gasteiger partial charge in [-0.3, -0.25) is 0 Å². The van der Waals surface area contributed by atoms with Gasteiger partial charge in [-0.2, -0.15) is 0 Å². The molecule has 0 aromatic rings. The number of carboxylic acid groups (broad SMARTS) is 10. The zero-order valence-electron chi connectivity index (χ0n) is 14.1. The summed E-state index contributed by atoms with van der Waals surface area (Å²) >= 11 is 0. The van der Waals surface area contributed by atoms with E-state index in [0.29, 0.717) is 0 Å². The fourth-order valence-electron chi connectivity index (χ4n) is 0. The van der Waals surface area contributed by atoms with Crippen LogP contribution in [0.1, 0.15) is 0 Å². The quantitative estimate of drug-likeness (QED) is 0.204. The number of carbonyl (C=O) groups excluding carboxylic acids is 10. The first kappa shape index (κ1) is 46.8. The number of rotatable bonds is 0. The summed E-state index contributed by atoms with van der Waals surface area (Å²) in [6, 6.07) is 0. The average Bonchev–Trinajstić information content (AvgIpc) is 2.56. The SMILES string of the molecule is O=C([O-])C(=O)[O-].O=C([O-])C(=O)[O-].O=C([O-])C(=O)[O-].O=C([O-])C(=O)[O-].O=C([O-])C(=O)[O-].[Np].[Np]. The van der Waals surface area contributed by atoms with Gasteiger partial charge in [-0.15, -0.1) is 0 Å². The minimum atomic E-state index is -2.19. The van der Waals surface area contributed by atoms with Gasteiger partial charge in [-0.25, -0.2) is 0 Å². The maximum atomic E-state index is 8.93. The van der Waals surface area contributed by atoms with Crippen molar-refractivity contribution >= 4 is 59.7 Å². The van der Waals surface area contributed by atoms with Gasteiger partial charge < -0.3 is 99.0 Å². The number of hydrogen-bond acceptors (Lipinski definition) is 20. The van der Waals surface area contributed by atoms with Crippen LogP contribution in [0.4, 0.5) is 0 Å². The first-order valence-electron chi connectivity index (χ1n) is 5.33. The summed E-state index contributed by atoms with van der Waals surface area (Å²) in [5.74, 6) is -21.9. The van der Waals surface area contributed by atoms with Gasteiger partial charge in [0, 0.05) is 59.9 Å². The van der Waals surface area contributed by atoms with Crippen molar-refractivity contribution in [2.75, 3.05) is 0 Å². The van der Waals surface area contributed by atoms with Crippen molar-refractivity contribution in [3.63, 3.8) is 0 Å². The zero-order chi connectivity index (χ0) is 25.8. The summed E-state index contributed by atoms with van der Waals surface area (Å²) in [6.45, 7) is 0. The van der Waals surface area contributed by atoms with Crippen LogP contribution in [-0.4, -0.2) is 59.7 Å². The molecule has 0 fully saturated rings. The van der Waals surface area contributed by atoms with Crippen LogP contribution in [0.3, 0.4) is 0 Å². The van der Waals surface area contributed by atoms with E-state index in [-0.39, 0.29) is 59.9 Å². The fourth-order valence-corrected chi connectivity index (χ4v) is 0. The van der Waals surface area contributed by atoms with Crippen molar-refractivity contribution in [1.29, 1.82) is 0 Å². The van der Waals surface area contributed by atoms with Crippen molar-refractivity contribution < 1.29 is 159 Å². The Morgan fingerprint density at radius 1 is 0.219 bits per heavy atom. The average molecular weight is 914 g/mol. The Bertz CT molecular complexity index is 508. The third-order valence-corrected chi connectivity index (χ3v) is 0.833. The van der Waals surface area contributed by atoms with Crippen LogP contribution in [-0.2, 0) is 47.9 Å². The van der Waals surface area contributed by atoms with E-state index >= 15 is 0 Å². The smallest absolute Gasteiger partial charge is 0.0870 e. The molecule has 180 valence electrons. The predicted octanol–water partition coefficient (Wildman–Crippen LogP) is -17.6. The third-order valence-electron chi connectivity index (χ3n) is 0.833. The van der Waals surface area contributed by atoms with Crippen molar-refractivity contribution in [3.05, 3.63) is 0 Å². The molecule has 0 spiro atoms. The second kappa shape index (κ2) is 27.7. The Kier molecular flexibility index (Phi) is 40.5. The van der Waals surface area contributed by atoms with E-state index in [2.05, 4.69) is 0 Å². The summed E-state index contributed by atoms with van der Waals surface area (Å²) in [5.41, 5.74) is 0. The molecular weight excluding hydrogens is 914 g/mol. The van der Waals surface area contributed by atoms with E-state index in [1.807, 2.05) is 0 Å². The molecule has 0 aromatic heterocycles. The van der Waals surface area contributed by atoms with Gasteiger partial charge in [0.1, 0.15) is 0 Å². The molecule has 0 heterocycles. The molecule has 0 aliphatic rings. The van der Waals surface area contributed by atoms with Crippen LogP contribution < -0.4 is 51.1 Å². The Morgan fingerprint density at radius 2 is 0.250 bits per heavy atom. The molecule has 0 atom stereocenters. The topological polar surface area (TPSA) is 401 Å². The van der Waals surface area contributed by atoms with Crippen molar-refractivity contribution in [1.82, 2.24) is 0 Å². The molecule has 0 aliphatic heterocycles. The predicted molar refractivity (Wildman–Crippen MR) is 50.1 cm³/mol. The van der Waals surface area contributed by atoms with Gasteiger partial charge in [-0.1, -0.05) is 0 Å². The molecule has 0 bridgehead atoms. The summed E-state index contributed by atoms with van der Waals surface area (Å²) in [6.07, 6.45) is 0. The van der Waals surface area contributed by atoms with Crippen molar-refractivity contribution in [2.45, 2.75) is 0 Å². The Balaban J connectivity index is -0.0000000481. The minimum Gasteiger partial charge on any atom is -0.543 e. The maximum absolute atomic E-state index is 8.93. The Labute approximate surface area is 217 Å². The number of hydrogen-bond donors (Lipinski definition) is 0. The summed E-state index contributed by atoms with van der Waals surface area (Å²) < 4.78 is 0. The van der Waals surface area contributed by atoms with Gasteiger partial charge in [0.25, 0.3) is 0 Å². The van der Waals surface area contributed by atoms with E-state index in [4.69, 9.17) is 99.0 Å². The summed E-state index contributed by atoms with van der Waals surface area (Å²) in [4.78, 5) is 89.3. The van der Waals surface area contributed by atoms with E-state index in [0.717, 1.165) is 0 Å². The van der Waals surface area contributed by atoms with Crippen LogP contribution in [0.5, 0.6) is 0 Å². The molecule has 22 heteroatoms. The first-order valence-corrected chi connectivity index (χ1v) is 5.33. The van der Waals surface area contributed by atoms with Gasteiger partial charge >= 0.3 is 0 Å². The normalized spacial score (nSPS) is 6.88. The molecule has 2 radical (unpaired) electrons. The number of carbonyl (C=O) groups is 10. The van der Waals surface area contributed by atoms with Crippen molar-refractivity contribution in [3.8, 4) is 0 Å². The van der Waals surface area contributed by atoms with Crippen LogP contribution in [0.2, 0.25) is 0 Å². The second-order valence-electron chi connectivity index (χ2n) is 2.87. The van der Waals surface area contributed by atoms with E-state index in [1.54, 1.807) is 0 Å². The summed E-state index contributed by atoms with van der Waals surface area (Å²) in [7, 11) is 0. The second-order valence-corrected chi connectivity index (χ2v) is 2.87. The van der Waals surface area contributed by atoms with E-state index in [9.17, 15) is 0 Å². The van der Waals surface area contributed by atoms with Gasteiger partial charge in [0.15, 0.2) is 0 Å². The molecule has 32 heavy (non-hydrogen) atoms. The van der Waals surface area contributed by atoms with Crippen molar-refractivity contribution in [2.24, 2.45) is 0 Å². The molecule has 0 saturated heterocycles. The van der Waals surface area contributed by atoms with Crippen LogP contribution >= 0.6 is 0 Å². The zero-order valence-corrected chi connectivity index (χ0v) is 21.5. The Morgan fingerprint density at radius 3 is 0.250 bits per heavy atom. The third kappa shape index (κ3) is 63.2. The first-order chi connectivity index (χ1) is 13.2.